The number of aromatic carboxylic acids is 1. The van der Waals surface area contributed by atoms with Gasteiger partial charge in [-0.3, -0.25) is 0 Å². The summed E-state index contributed by atoms with van der Waals surface area (Å²) in [7, 11) is -1.18. The first kappa shape index (κ1) is 20.7. The molecule has 10 heteroatoms. The Morgan fingerprint density at radius 2 is 1.72 bits per heavy atom. The molecule has 0 bridgehead atoms. The summed E-state index contributed by atoms with van der Waals surface area (Å²) < 4.78 is 65.7. The highest BCUT2D eigenvalue weighted by Crippen LogP contribution is 2.37. The highest BCUT2D eigenvalue weighted by molar-refractivity contribution is 7.89. The predicted octanol–water partition coefficient (Wildman–Crippen LogP) is 3.87. The smallest absolute Gasteiger partial charge is 0.417 e. The minimum atomic E-state index is -4.65. The molecule has 0 aliphatic heterocycles. The number of carboxylic acid groups (broad SMARTS) is 1. The van der Waals surface area contributed by atoms with E-state index in [1.165, 1.54) is 44.4 Å². The van der Waals surface area contributed by atoms with E-state index in [9.17, 15) is 31.5 Å². The van der Waals surface area contributed by atoms with Gasteiger partial charge in [0, 0.05) is 25.0 Å². The van der Waals surface area contributed by atoms with Crippen LogP contribution in [0, 0.1) is 0 Å². The van der Waals surface area contributed by atoms with Crippen LogP contribution in [0.25, 0.3) is 22.2 Å². The molecule has 1 N–H and O–H groups in total. The van der Waals surface area contributed by atoms with Gasteiger partial charge < -0.3 is 5.11 Å². The Hall–Kier alpha value is -2.98. The lowest BCUT2D eigenvalue weighted by Gasteiger charge is -2.15. The van der Waals surface area contributed by atoms with Crippen LogP contribution in [0.15, 0.2) is 53.4 Å². The fourth-order valence-corrected chi connectivity index (χ4v) is 3.77. The summed E-state index contributed by atoms with van der Waals surface area (Å²) in [6, 6.07) is 9.38. The van der Waals surface area contributed by atoms with Crippen molar-refractivity contribution in [2.75, 3.05) is 14.1 Å². The van der Waals surface area contributed by atoms with Crippen LogP contribution in [0.2, 0.25) is 0 Å². The molecule has 0 atom stereocenters. The lowest BCUT2D eigenvalue weighted by molar-refractivity contribution is -0.137. The number of alkyl halides is 3. The number of nitrogens with zero attached hydrogens (tertiary/aromatic N) is 2. The van der Waals surface area contributed by atoms with Gasteiger partial charge in [0.05, 0.1) is 27.2 Å². The molecule has 0 radical (unpaired) electrons. The number of sulfonamides is 1. The number of carbonyl (C=O) groups is 1. The molecule has 0 saturated heterocycles. The number of hydrogen-bond donors (Lipinski definition) is 1. The van der Waals surface area contributed by atoms with E-state index in [0.29, 0.717) is 0 Å². The molecule has 2 aromatic carbocycles. The average molecular weight is 424 g/mol. The van der Waals surface area contributed by atoms with E-state index in [1.54, 1.807) is 0 Å². The van der Waals surface area contributed by atoms with Crippen LogP contribution in [0.4, 0.5) is 13.2 Å². The monoisotopic (exact) mass is 424 g/mol. The second kappa shape index (κ2) is 7.12. The molecule has 0 amide bonds. The zero-order valence-corrected chi connectivity index (χ0v) is 16.0. The third kappa shape index (κ3) is 3.81. The fraction of sp³-hybridized carbons (Fsp3) is 0.158. The maximum absolute atomic E-state index is 13.4. The third-order valence-electron chi connectivity index (χ3n) is 4.30. The summed E-state index contributed by atoms with van der Waals surface area (Å²) >= 11 is 0. The largest absolute Gasteiger partial charge is 0.478 e. The molecule has 3 rings (SSSR count). The topological polar surface area (TPSA) is 87.6 Å². The minimum absolute atomic E-state index is 0.00802. The van der Waals surface area contributed by atoms with Gasteiger partial charge in [0.1, 0.15) is 0 Å². The molecule has 0 aliphatic carbocycles. The van der Waals surface area contributed by atoms with E-state index in [2.05, 4.69) is 4.98 Å². The molecule has 1 aromatic heterocycles. The lowest BCUT2D eigenvalue weighted by Crippen LogP contribution is -2.22. The summed E-state index contributed by atoms with van der Waals surface area (Å²) in [4.78, 5) is 15.8. The van der Waals surface area contributed by atoms with Gasteiger partial charge >= 0.3 is 12.1 Å². The van der Waals surface area contributed by atoms with Crippen molar-refractivity contribution in [3.8, 4) is 11.3 Å². The minimum Gasteiger partial charge on any atom is -0.478 e. The molecule has 6 nitrogen and oxygen atoms in total. The second-order valence-corrected chi connectivity index (χ2v) is 8.52. The van der Waals surface area contributed by atoms with Crippen molar-refractivity contribution in [1.82, 2.24) is 9.29 Å². The Morgan fingerprint density at radius 3 is 2.31 bits per heavy atom. The van der Waals surface area contributed by atoms with Gasteiger partial charge in [0.15, 0.2) is 0 Å². The van der Waals surface area contributed by atoms with Crippen LogP contribution >= 0.6 is 0 Å². The van der Waals surface area contributed by atoms with Crippen LogP contribution in [-0.4, -0.2) is 42.9 Å². The number of halogens is 3. The molecule has 29 heavy (non-hydrogen) atoms. The zero-order chi connectivity index (χ0) is 21.6. The van der Waals surface area contributed by atoms with Crippen molar-refractivity contribution in [3.05, 3.63) is 59.7 Å². The first-order valence-electron chi connectivity index (χ1n) is 8.20. The van der Waals surface area contributed by atoms with Crippen LogP contribution < -0.4 is 0 Å². The number of carboxylic acids is 1. The molecule has 0 spiro atoms. The molecular weight excluding hydrogens is 409 g/mol. The maximum Gasteiger partial charge on any atom is 0.417 e. The normalized spacial score (nSPS) is 12.5. The zero-order valence-electron chi connectivity index (χ0n) is 15.2. The molecule has 152 valence electrons. The number of pyridine rings is 1. The second-order valence-electron chi connectivity index (χ2n) is 6.37. The summed E-state index contributed by atoms with van der Waals surface area (Å²) in [5.74, 6) is -1.41. The predicted molar refractivity (Wildman–Crippen MR) is 100 cm³/mol. The van der Waals surface area contributed by atoms with E-state index >= 15 is 0 Å². The van der Waals surface area contributed by atoms with Crippen molar-refractivity contribution in [1.29, 1.82) is 0 Å². The molecule has 1 heterocycles. The van der Waals surface area contributed by atoms with Crippen molar-refractivity contribution >= 4 is 26.9 Å². The average Bonchev–Trinajstić information content (AvgIpc) is 2.65. The van der Waals surface area contributed by atoms with E-state index in [1.807, 2.05) is 0 Å². The Bertz CT molecular complexity index is 1220. The summed E-state index contributed by atoms with van der Waals surface area (Å²) in [6.07, 6.45) is -4.65. The van der Waals surface area contributed by atoms with E-state index in [4.69, 9.17) is 0 Å². The van der Waals surface area contributed by atoms with E-state index in [0.717, 1.165) is 22.5 Å². The van der Waals surface area contributed by atoms with Gasteiger partial charge in [-0.1, -0.05) is 18.2 Å². The van der Waals surface area contributed by atoms with Gasteiger partial charge in [-0.25, -0.2) is 22.5 Å². The molecule has 0 fully saturated rings. The molecule has 0 unspecified atom stereocenters. The molecule has 0 saturated carbocycles. The van der Waals surface area contributed by atoms with Gasteiger partial charge in [0.25, 0.3) is 0 Å². The van der Waals surface area contributed by atoms with Crippen LogP contribution in [0.5, 0.6) is 0 Å². The van der Waals surface area contributed by atoms with Gasteiger partial charge in [-0.2, -0.15) is 13.2 Å². The quantitative estimate of drug-likeness (QED) is 0.687. The standard InChI is InChI=1S/C19H15F3N2O4S/c1-24(2)29(27,28)11-7-8-16-13(9-11)14(18(25)26)10-17(23-16)12-5-3-4-6-15(12)19(20,21)22/h3-10H,1-2H3,(H,25,26). The number of rotatable bonds is 4. The van der Waals surface area contributed by atoms with Crippen molar-refractivity contribution in [3.63, 3.8) is 0 Å². The number of hydrogen-bond acceptors (Lipinski definition) is 4. The summed E-state index contributed by atoms with van der Waals surface area (Å²) in [5, 5.41) is 9.58. The highest BCUT2D eigenvalue weighted by atomic mass is 32.2. The van der Waals surface area contributed by atoms with Crippen LogP contribution in [0.3, 0.4) is 0 Å². The van der Waals surface area contributed by atoms with Crippen LogP contribution in [0.1, 0.15) is 15.9 Å². The van der Waals surface area contributed by atoms with Crippen molar-refractivity contribution < 1.29 is 31.5 Å². The number of aromatic nitrogens is 1. The van der Waals surface area contributed by atoms with Crippen molar-refractivity contribution in [2.45, 2.75) is 11.1 Å². The van der Waals surface area contributed by atoms with Gasteiger partial charge in [-0.05, 0) is 30.3 Å². The SMILES string of the molecule is CN(C)S(=O)(=O)c1ccc2nc(-c3ccccc3C(F)(F)F)cc(C(=O)O)c2c1. The van der Waals surface area contributed by atoms with E-state index < -0.39 is 27.7 Å². The summed E-state index contributed by atoms with van der Waals surface area (Å²) in [5.41, 5.74) is -1.68. The number of fused-ring (bicyclic) bond motifs is 1. The summed E-state index contributed by atoms with van der Waals surface area (Å²) in [6.45, 7) is 0. The van der Waals surface area contributed by atoms with Gasteiger partial charge in [0.2, 0.25) is 10.0 Å². The Kier molecular flexibility index (Phi) is 5.10. The Labute approximate surface area is 164 Å². The maximum atomic E-state index is 13.4. The molecular formula is C19H15F3N2O4S. The Balaban J connectivity index is 2.32. The van der Waals surface area contributed by atoms with Crippen LogP contribution in [-0.2, 0) is 16.2 Å². The fourth-order valence-electron chi connectivity index (χ4n) is 2.84. The third-order valence-corrected chi connectivity index (χ3v) is 6.11. The number of benzene rings is 2. The Morgan fingerprint density at radius 1 is 1.07 bits per heavy atom. The van der Waals surface area contributed by atoms with Gasteiger partial charge in [-0.15, -0.1) is 0 Å². The lowest BCUT2D eigenvalue weighted by atomic mass is 10.00. The molecule has 0 aliphatic rings. The molecule has 3 aromatic rings. The first-order valence-corrected chi connectivity index (χ1v) is 9.64. The van der Waals surface area contributed by atoms with Crippen molar-refractivity contribution in [2.24, 2.45) is 0 Å². The van der Waals surface area contributed by atoms with E-state index in [-0.39, 0.29) is 32.6 Å². The highest BCUT2D eigenvalue weighted by Gasteiger charge is 2.34. The first-order chi connectivity index (χ1) is 13.4.